The number of aromatic nitrogens is 5. The van der Waals surface area contributed by atoms with Gasteiger partial charge in [0.05, 0.1) is 29.5 Å². The van der Waals surface area contributed by atoms with Crippen molar-refractivity contribution in [2.24, 2.45) is 5.92 Å². The van der Waals surface area contributed by atoms with Gasteiger partial charge in [0.25, 0.3) is 5.91 Å². The maximum Gasteiger partial charge on any atom is 0.272 e. The van der Waals surface area contributed by atoms with Crippen molar-refractivity contribution in [1.82, 2.24) is 29.8 Å². The van der Waals surface area contributed by atoms with Crippen molar-refractivity contribution < 1.29 is 9.53 Å². The summed E-state index contributed by atoms with van der Waals surface area (Å²) in [4.78, 5) is 30.7. The Morgan fingerprint density at radius 3 is 2.59 bits per heavy atom. The third-order valence-corrected chi connectivity index (χ3v) is 5.60. The highest BCUT2D eigenvalue weighted by Gasteiger charge is 2.38. The molecular weight excluding hydrogens is 436 g/mol. The van der Waals surface area contributed by atoms with Gasteiger partial charge in [0, 0.05) is 18.4 Å². The van der Waals surface area contributed by atoms with Crippen LogP contribution in [0.3, 0.4) is 0 Å². The van der Waals surface area contributed by atoms with E-state index in [1.54, 1.807) is 19.5 Å². The van der Waals surface area contributed by atoms with Gasteiger partial charge in [0.15, 0.2) is 16.9 Å². The fraction of sp³-hybridized carbons (Fsp3) is 0.450. The molecule has 1 amide bonds. The summed E-state index contributed by atoms with van der Waals surface area (Å²) in [6.07, 6.45) is 6.90. The largest absolute Gasteiger partial charge is 0.493 e. The van der Waals surface area contributed by atoms with Crippen LogP contribution in [0, 0.1) is 12.8 Å². The van der Waals surface area contributed by atoms with Gasteiger partial charge in [-0.3, -0.25) is 9.78 Å². The minimum Gasteiger partial charge on any atom is -0.493 e. The Kier molecular flexibility index (Phi) is 5.24. The van der Waals surface area contributed by atoms with E-state index in [1.165, 1.54) is 6.20 Å². The number of amides is 1. The number of hydrogen-bond acceptors (Lipinski definition) is 6. The predicted molar refractivity (Wildman–Crippen MR) is 112 cm³/mol. The predicted octanol–water partition coefficient (Wildman–Crippen LogP) is 3.76. The van der Waals surface area contributed by atoms with Crippen LogP contribution in [0.5, 0.6) is 5.75 Å². The highest BCUT2D eigenvalue weighted by Crippen LogP contribution is 2.43. The quantitative estimate of drug-likeness (QED) is 0.603. The van der Waals surface area contributed by atoms with Crippen molar-refractivity contribution in [3.05, 3.63) is 40.3 Å². The molecule has 1 saturated carbocycles. The summed E-state index contributed by atoms with van der Waals surface area (Å²) < 4.78 is 8.38. The molecule has 0 bridgehead atoms. The summed E-state index contributed by atoms with van der Waals surface area (Å²) in [5, 5.41) is 3.13. The van der Waals surface area contributed by atoms with E-state index in [0.717, 1.165) is 34.5 Å². The van der Waals surface area contributed by atoms with Gasteiger partial charge in [0.1, 0.15) is 11.5 Å². The number of carbonyl (C=O) groups excluding carboxylic acids is 1. The number of halogens is 1. The third kappa shape index (κ3) is 3.71. The van der Waals surface area contributed by atoms with Gasteiger partial charge in [-0.15, -0.1) is 0 Å². The topological polar surface area (TPSA) is 94.8 Å². The van der Waals surface area contributed by atoms with Crippen molar-refractivity contribution in [1.29, 1.82) is 0 Å². The molecule has 9 heteroatoms. The summed E-state index contributed by atoms with van der Waals surface area (Å²) in [5.74, 6) is 1.51. The first kappa shape index (κ1) is 19.8. The molecule has 4 rings (SSSR count). The average Bonchev–Trinajstić information content (AvgIpc) is 3.45. The first-order valence-corrected chi connectivity index (χ1v) is 10.4. The molecule has 3 aromatic rings. The second kappa shape index (κ2) is 7.70. The molecular formula is C20H23BrN6O2. The van der Waals surface area contributed by atoms with Gasteiger partial charge in [-0.05, 0) is 55.5 Å². The normalized spacial score (nSPS) is 15.0. The van der Waals surface area contributed by atoms with Crippen molar-refractivity contribution in [2.75, 3.05) is 7.11 Å². The standard InChI is InChI=1S/C20H23BrN6O2/c1-10(2)27-18-16(17(29-4)13(21)8-24-18)25-19(27)15(12-5-6-12)26-20(28)14-9-22-11(3)7-23-14/h7-10,12,15H,5-6H2,1-4H3,(H,26,28)/t15-/m0/s1. The molecule has 0 aromatic carbocycles. The van der Waals surface area contributed by atoms with Gasteiger partial charge in [-0.2, -0.15) is 0 Å². The number of pyridine rings is 1. The van der Waals surface area contributed by atoms with E-state index in [4.69, 9.17) is 9.72 Å². The lowest BCUT2D eigenvalue weighted by molar-refractivity contribution is 0.0923. The number of fused-ring (bicyclic) bond motifs is 1. The molecule has 29 heavy (non-hydrogen) atoms. The number of methoxy groups -OCH3 is 1. The van der Waals surface area contributed by atoms with Crippen LogP contribution in [0.15, 0.2) is 23.1 Å². The molecule has 1 atom stereocenters. The fourth-order valence-electron chi connectivity index (χ4n) is 3.48. The maximum atomic E-state index is 12.8. The minimum atomic E-state index is -0.252. The summed E-state index contributed by atoms with van der Waals surface area (Å²) in [7, 11) is 1.61. The highest BCUT2D eigenvalue weighted by molar-refractivity contribution is 9.10. The van der Waals surface area contributed by atoms with Crippen LogP contribution in [0.25, 0.3) is 11.2 Å². The fourth-order valence-corrected chi connectivity index (χ4v) is 3.93. The number of rotatable bonds is 6. The molecule has 1 aliphatic carbocycles. The maximum absolute atomic E-state index is 12.8. The molecule has 0 saturated heterocycles. The summed E-state index contributed by atoms with van der Waals surface area (Å²) in [5.41, 5.74) is 2.49. The molecule has 3 aromatic heterocycles. The lowest BCUT2D eigenvalue weighted by Gasteiger charge is -2.21. The van der Waals surface area contributed by atoms with E-state index >= 15 is 0 Å². The van der Waals surface area contributed by atoms with Crippen molar-refractivity contribution >= 4 is 33.0 Å². The van der Waals surface area contributed by atoms with Gasteiger partial charge in [-0.1, -0.05) is 0 Å². The van der Waals surface area contributed by atoms with E-state index in [0.29, 0.717) is 22.9 Å². The third-order valence-electron chi connectivity index (χ3n) is 5.04. The van der Waals surface area contributed by atoms with Crippen LogP contribution >= 0.6 is 15.9 Å². The van der Waals surface area contributed by atoms with E-state index in [1.807, 2.05) is 6.92 Å². The van der Waals surface area contributed by atoms with Gasteiger partial charge < -0.3 is 14.6 Å². The van der Waals surface area contributed by atoms with Gasteiger partial charge in [-0.25, -0.2) is 15.0 Å². The van der Waals surface area contributed by atoms with E-state index in [9.17, 15) is 4.79 Å². The molecule has 3 heterocycles. The SMILES string of the molecule is COc1c(Br)cnc2c1nc([C@@H](NC(=O)c1cnc(C)cn1)C1CC1)n2C(C)C. The Balaban J connectivity index is 1.78. The molecule has 0 spiro atoms. The molecule has 1 N–H and O–H groups in total. The second-order valence-corrected chi connectivity index (χ2v) is 8.43. The van der Waals surface area contributed by atoms with Crippen molar-refractivity contribution in [2.45, 2.75) is 45.7 Å². The lowest BCUT2D eigenvalue weighted by atomic mass is 10.1. The van der Waals surface area contributed by atoms with Crippen molar-refractivity contribution in [3.63, 3.8) is 0 Å². The Bertz CT molecular complexity index is 1060. The van der Waals surface area contributed by atoms with Crippen LogP contribution in [0.4, 0.5) is 0 Å². The average molecular weight is 459 g/mol. The number of ether oxygens (including phenoxy) is 1. The number of aryl methyl sites for hydroxylation is 1. The molecule has 152 valence electrons. The Morgan fingerprint density at radius 1 is 1.24 bits per heavy atom. The lowest BCUT2D eigenvalue weighted by Crippen LogP contribution is -2.33. The summed E-state index contributed by atoms with van der Waals surface area (Å²) in [6, 6.07) is -0.114. The van der Waals surface area contributed by atoms with E-state index in [-0.39, 0.29) is 18.0 Å². The highest BCUT2D eigenvalue weighted by atomic mass is 79.9. The molecule has 0 radical (unpaired) electrons. The summed E-state index contributed by atoms with van der Waals surface area (Å²) >= 11 is 3.48. The minimum absolute atomic E-state index is 0.116. The number of nitrogens with zero attached hydrogens (tertiary/aromatic N) is 5. The Morgan fingerprint density at radius 2 is 2.00 bits per heavy atom. The molecule has 0 aliphatic heterocycles. The first-order chi connectivity index (χ1) is 13.9. The number of carbonyl (C=O) groups is 1. The molecule has 1 fully saturated rings. The van der Waals surface area contributed by atoms with Gasteiger partial charge in [0.2, 0.25) is 0 Å². The molecule has 8 nitrogen and oxygen atoms in total. The van der Waals surface area contributed by atoms with Crippen LogP contribution in [-0.2, 0) is 0 Å². The monoisotopic (exact) mass is 458 g/mol. The number of hydrogen-bond donors (Lipinski definition) is 1. The van der Waals surface area contributed by atoms with Crippen LogP contribution in [0.2, 0.25) is 0 Å². The second-order valence-electron chi connectivity index (χ2n) is 7.58. The van der Waals surface area contributed by atoms with Crippen molar-refractivity contribution in [3.8, 4) is 5.75 Å². The zero-order chi connectivity index (χ0) is 20.7. The molecule has 0 unspecified atom stereocenters. The van der Waals surface area contributed by atoms with Crippen LogP contribution < -0.4 is 10.1 Å². The Labute approximate surface area is 177 Å². The first-order valence-electron chi connectivity index (χ1n) is 9.60. The summed E-state index contributed by atoms with van der Waals surface area (Å²) in [6.45, 7) is 6.00. The van der Waals surface area contributed by atoms with Crippen LogP contribution in [0.1, 0.15) is 60.8 Å². The zero-order valence-electron chi connectivity index (χ0n) is 16.8. The smallest absolute Gasteiger partial charge is 0.272 e. The zero-order valence-corrected chi connectivity index (χ0v) is 18.4. The van der Waals surface area contributed by atoms with Crippen LogP contribution in [-0.4, -0.2) is 37.5 Å². The Hall–Kier alpha value is -2.55. The number of nitrogens with one attached hydrogen (secondary N) is 1. The molecule has 1 aliphatic rings. The van der Waals surface area contributed by atoms with E-state index in [2.05, 4.69) is 54.6 Å². The number of imidazole rings is 1. The van der Waals surface area contributed by atoms with Gasteiger partial charge >= 0.3 is 0 Å². The van der Waals surface area contributed by atoms with E-state index < -0.39 is 0 Å².